The van der Waals surface area contributed by atoms with Crippen molar-refractivity contribution in [3.8, 4) is 0 Å². The molecule has 0 radical (unpaired) electrons. The SMILES string of the molecule is CCc1ccccc1S(=O)(=O)N1CCC2C(=O)N(CC(C)C)CC(=O)N2CC1. The highest BCUT2D eigenvalue weighted by Crippen LogP contribution is 2.25. The molecule has 154 valence electrons. The molecule has 0 spiro atoms. The van der Waals surface area contributed by atoms with Gasteiger partial charge in [0, 0.05) is 26.2 Å². The normalized spacial score (nSPS) is 21.8. The molecule has 2 amide bonds. The number of benzene rings is 1. The molecule has 1 atom stereocenters. The van der Waals surface area contributed by atoms with Crippen LogP contribution in [0.15, 0.2) is 29.2 Å². The van der Waals surface area contributed by atoms with E-state index in [2.05, 4.69) is 0 Å². The van der Waals surface area contributed by atoms with Crippen LogP contribution in [0.5, 0.6) is 0 Å². The second-order valence-corrected chi connectivity index (χ2v) is 9.78. The van der Waals surface area contributed by atoms with Crippen molar-refractivity contribution in [2.24, 2.45) is 5.92 Å². The molecule has 1 unspecified atom stereocenters. The maximum absolute atomic E-state index is 13.2. The third-order valence-electron chi connectivity index (χ3n) is 5.42. The standard InChI is InChI=1S/C20H29N3O4S/c1-4-16-7-5-6-8-18(16)28(26,27)22-10-9-17-20(25)21(13-15(2)3)14-19(24)23(17)12-11-22/h5-8,15,17H,4,9-14H2,1-3H3. The van der Waals surface area contributed by atoms with Gasteiger partial charge in [-0.2, -0.15) is 4.31 Å². The van der Waals surface area contributed by atoms with Crippen LogP contribution in [0, 0.1) is 5.92 Å². The van der Waals surface area contributed by atoms with Crippen molar-refractivity contribution in [2.75, 3.05) is 32.7 Å². The molecule has 1 aromatic rings. The summed E-state index contributed by atoms with van der Waals surface area (Å²) in [5.41, 5.74) is 0.778. The third kappa shape index (κ3) is 3.93. The van der Waals surface area contributed by atoms with Gasteiger partial charge in [0.2, 0.25) is 21.8 Å². The Morgan fingerprint density at radius 3 is 2.50 bits per heavy atom. The maximum atomic E-state index is 13.2. The van der Waals surface area contributed by atoms with E-state index in [-0.39, 0.29) is 43.9 Å². The highest BCUT2D eigenvalue weighted by molar-refractivity contribution is 7.89. The van der Waals surface area contributed by atoms with Crippen LogP contribution >= 0.6 is 0 Å². The maximum Gasteiger partial charge on any atom is 0.245 e. The van der Waals surface area contributed by atoms with Crippen LogP contribution in [0.2, 0.25) is 0 Å². The van der Waals surface area contributed by atoms with Crippen LogP contribution in [0.1, 0.15) is 32.8 Å². The van der Waals surface area contributed by atoms with Crippen LogP contribution in [0.4, 0.5) is 0 Å². The van der Waals surface area contributed by atoms with E-state index < -0.39 is 16.1 Å². The zero-order valence-corrected chi connectivity index (χ0v) is 17.6. The summed E-state index contributed by atoms with van der Waals surface area (Å²) in [6.07, 6.45) is 0.950. The lowest BCUT2D eigenvalue weighted by Crippen LogP contribution is -2.60. The van der Waals surface area contributed by atoms with Crippen LogP contribution in [0.3, 0.4) is 0 Å². The Balaban J connectivity index is 1.83. The average Bonchev–Trinajstić information content (AvgIpc) is 2.89. The summed E-state index contributed by atoms with van der Waals surface area (Å²) in [5.74, 6) is 0.108. The van der Waals surface area contributed by atoms with Gasteiger partial charge in [0.05, 0.1) is 11.4 Å². The number of hydrogen-bond acceptors (Lipinski definition) is 4. The van der Waals surface area contributed by atoms with Crippen LogP contribution in [-0.2, 0) is 26.0 Å². The molecule has 0 aliphatic carbocycles. The summed E-state index contributed by atoms with van der Waals surface area (Å²) in [4.78, 5) is 29.0. The smallest absolute Gasteiger partial charge is 0.245 e. The summed E-state index contributed by atoms with van der Waals surface area (Å²) in [7, 11) is -3.67. The van der Waals surface area contributed by atoms with E-state index in [1.807, 2.05) is 32.9 Å². The number of nitrogens with zero attached hydrogens (tertiary/aromatic N) is 3. The molecular formula is C20H29N3O4S. The van der Waals surface area contributed by atoms with Crippen molar-refractivity contribution < 1.29 is 18.0 Å². The Morgan fingerprint density at radius 2 is 1.82 bits per heavy atom. The van der Waals surface area contributed by atoms with E-state index in [1.54, 1.807) is 21.9 Å². The highest BCUT2D eigenvalue weighted by Gasteiger charge is 2.42. The molecule has 3 rings (SSSR count). The Hall–Kier alpha value is -1.93. The Kier molecular flexibility index (Phi) is 6.09. The minimum atomic E-state index is -3.67. The van der Waals surface area contributed by atoms with Crippen LogP contribution in [-0.4, -0.2) is 73.1 Å². The Labute approximate surface area is 167 Å². The van der Waals surface area contributed by atoms with E-state index in [1.165, 1.54) is 4.31 Å². The fourth-order valence-corrected chi connectivity index (χ4v) is 5.77. The number of sulfonamides is 1. The Bertz CT molecular complexity index is 853. The van der Waals surface area contributed by atoms with Gasteiger partial charge in [-0.25, -0.2) is 8.42 Å². The van der Waals surface area contributed by atoms with Gasteiger partial charge in [0.15, 0.2) is 0 Å². The molecule has 2 heterocycles. The van der Waals surface area contributed by atoms with E-state index in [0.29, 0.717) is 24.3 Å². The molecule has 0 saturated carbocycles. The molecule has 0 aromatic heterocycles. The number of hydrogen-bond donors (Lipinski definition) is 0. The minimum absolute atomic E-state index is 0.0680. The number of aryl methyl sites for hydroxylation is 1. The van der Waals surface area contributed by atoms with E-state index in [9.17, 15) is 18.0 Å². The number of piperazine rings is 1. The number of carbonyl (C=O) groups excluding carboxylic acids is 2. The summed E-state index contributed by atoms with van der Waals surface area (Å²) in [6.45, 7) is 7.26. The van der Waals surface area contributed by atoms with Gasteiger partial charge in [-0.05, 0) is 30.4 Å². The summed E-state index contributed by atoms with van der Waals surface area (Å²) in [5, 5.41) is 0. The molecule has 28 heavy (non-hydrogen) atoms. The number of carbonyl (C=O) groups is 2. The predicted octanol–water partition coefficient (Wildman–Crippen LogP) is 1.34. The van der Waals surface area contributed by atoms with Gasteiger partial charge in [-0.1, -0.05) is 39.0 Å². The van der Waals surface area contributed by atoms with Gasteiger partial charge >= 0.3 is 0 Å². The summed E-state index contributed by atoms with van der Waals surface area (Å²) in [6, 6.07) is 6.45. The molecular weight excluding hydrogens is 378 g/mol. The third-order valence-corrected chi connectivity index (χ3v) is 7.42. The first-order chi connectivity index (χ1) is 13.3. The van der Waals surface area contributed by atoms with Gasteiger partial charge < -0.3 is 9.80 Å². The first kappa shape index (κ1) is 20.8. The van der Waals surface area contributed by atoms with Crippen molar-refractivity contribution in [3.63, 3.8) is 0 Å². The lowest BCUT2D eigenvalue weighted by atomic mass is 10.1. The largest absolute Gasteiger partial charge is 0.331 e. The second-order valence-electron chi connectivity index (χ2n) is 7.87. The van der Waals surface area contributed by atoms with Crippen LogP contribution < -0.4 is 0 Å². The summed E-state index contributed by atoms with van der Waals surface area (Å²) < 4.78 is 27.9. The number of amides is 2. The van der Waals surface area contributed by atoms with Gasteiger partial charge in [0.1, 0.15) is 6.04 Å². The van der Waals surface area contributed by atoms with E-state index in [4.69, 9.17) is 0 Å². The predicted molar refractivity (Wildman–Crippen MR) is 106 cm³/mol. The summed E-state index contributed by atoms with van der Waals surface area (Å²) >= 11 is 0. The fourth-order valence-electron chi connectivity index (χ4n) is 4.03. The monoisotopic (exact) mass is 407 g/mol. The number of fused-ring (bicyclic) bond motifs is 1. The van der Waals surface area contributed by atoms with Crippen molar-refractivity contribution in [1.82, 2.24) is 14.1 Å². The van der Waals surface area contributed by atoms with Crippen molar-refractivity contribution in [2.45, 2.75) is 44.6 Å². The first-order valence-electron chi connectivity index (χ1n) is 9.92. The van der Waals surface area contributed by atoms with Gasteiger partial charge in [-0.15, -0.1) is 0 Å². The zero-order valence-electron chi connectivity index (χ0n) is 16.8. The molecule has 0 bridgehead atoms. The van der Waals surface area contributed by atoms with Crippen LogP contribution in [0.25, 0.3) is 0 Å². The topological polar surface area (TPSA) is 78.0 Å². The molecule has 1 aromatic carbocycles. The lowest BCUT2D eigenvalue weighted by Gasteiger charge is -2.39. The molecule has 2 aliphatic heterocycles. The average molecular weight is 408 g/mol. The lowest BCUT2D eigenvalue weighted by molar-refractivity contribution is -0.156. The first-order valence-corrected chi connectivity index (χ1v) is 11.4. The molecule has 2 saturated heterocycles. The minimum Gasteiger partial charge on any atom is -0.331 e. The van der Waals surface area contributed by atoms with Crippen molar-refractivity contribution >= 4 is 21.8 Å². The molecule has 7 nitrogen and oxygen atoms in total. The zero-order chi connectivity index (χ0) is 20.5. The number of rotatable bonds is 5. The van der Waals surface area contributed by atoms with E-state index in [0.717, 1.165) is 5.56 Å². The van der Waals surface area contributed by atoms with Gasteiger partial charge in [-0.3, -0.25) is 9.59 Å². The second kappa shape index (κ2) is 8.21. The van der Waals surface area contributed by atoms with Crippen molar-refractivity contribution in [1.29, 1.82) is 0 Å². The quantitative estimate of drug-likeness (QED) is 0.738. The fraction of sp³-hybridized carbons (Fsp3) is 0.600. The highest BCUT2D eigenvalue weighted by atomic mass is 32.2. The molecule has 2 aliphatic rings. The molecule has 2 fully saturated rings. The van der Waals surface area contributed by atoms with E-state index >= 15 is 0 Å². The van der Waals surface area contributed by atoms with Crippen molar-refractivity contribution in [3.05, 3.63) is 29.8 Å². The Morgan fingerprint density at radius 1 is 1.11 bits per heavy atom. The van der Waals surface area contributed by atoms with Gasteiger partial charge in [0.25, 0.3) is 0 Å². The molecule has 8 heteroatoms. The molecule has 0 N–H and O–H groups in total.